The van der Waals surface area contributed by atoms with Gasteiger partial charge < -0.3 is 20.3 Å². The first-order valence-electron chi connectivity index (χ1n) is 35.6. The van der Waals surface area contributed by atoms with Gasteiger partial charge in [0.1, 0.15) is 0 Å². The molecule has 0 saturated carbocycles. The van der Waals surface area contributed by atoms with Crippen LogP contribution in [0.3, 0.4) is 0 Å². The zero-order chi connectivity index (χ0) is 56.4. The SMILES string of the molecule is CCCCCC/C=C\C/C=C\CCCCCCCCCC(=O)OCCCCCCCCCCCCCCCCCCCCCCCCCCCCC(=O)NC(CO)C(O)CCCCCCCCCCCCCCCCCCC. The van der Waals surface area contributed by atoms with E-state index in [2.05, 4.69) is 43.5 Å². The first-order chi connectivity index (χ1) is 38.5. The molecule has 0 saturated heterocycles. The predicted molar refractivity (Wildman–Crippen MR) is 343 cm³/mol. The van der Waals surface area contributed by atoms with Gasteiger partial charge >= 0.3 is 5.97 Å². The molecule has 0 radical (unpaired) electrons. The zero-order valence-corrected chi connectivity index (χ0v) is 52.9. The van der Waals surface area contributed by atoms with E-state index in [1.807, 2.05) is 0 Å². The lowest BCUT2D eigenvalue weighted by molar-refractivity contribution is -0.143. The van der Waals surface area contributed by atoms with E-state index < -0.39 is 12.1 Å². The minimum atomic E-state index is -0.663. The molecular formula is C72H139NO5. The molecule has 78 heavy (non-hydrogen) atoms. The standard InChI is InChI=1S/C72H139NO5/c1-3-5-7-9-11-13-15-17-19-21-34-38-42-46-50-54-58-62-66-72(77)78-67-63-59-55-51-47-43-39-35-31-29-27-25-23-22-24-26-28-30-33-37-41-45-49-53-57-61-65-71(76)73-69(68-74)70(75)64-60-56-52-48-44-40-36-32-20-18-16-14-12-10-8-6-4-2/h13,15,19,21,69-70,74-75H,3-12,14,16-18,20,22-68H2,1-2H3,(H,73,76)/b15-13-,21-19-. The average Bonchev–Trinajstić information content (AvgIpc) is 3.44. The van der Waals surface area contributed by atoms with Crippen LogP contribution >= 0.6 is 0 Å². The van der Waals surface area contributed by atoms with Crippen LogP contribution in [0.1, 0.15) is 399 Å². The molecule has 3 N–H and O–H groups in total. The first-order valence-corrected chi connectivity index (χ1v) is 35.6. The second kappa shape index (κ2) is 67.8. The van der Waals surface area contributed by atoms with Crippen LogP contribution in [0.2, 0.25) is 0 Å². The van der Waals surface area contributed by atoms with E-state index in [0.29, 0.717) is 25.9 Å². The van der Waals surface area contributed by atoms with Crippen LogP contribution < -0.4 is 5.32 Å². The van der Waals surface area contributed by atoms with Gasteiger partial charge in [0.2, 0.25) is 5.91 Å². The smallest absolute Gasteiger partial charge is 0.305 e. The lowest BCUT2D eigenvalue weighted by atomic mass is 10.0. The normalized spacial score (nSPS) is 12.6. The Labute approximate surface area is 488 Å². The summed E-state index contributed by atoms with van der Waals surface area (Å²) in [5.74, 6) is -0.0184. The first kappa shape index (κ1) is 76.3. The van der Waals surface area contributed by atoms with Gasteiger partial charge in [-0.15, -0.1) is 0 Å². The van der Waals surface area contributed by atoms with Gasteiger partial charge in [0, 0.05) is 12.8 Å². The van der Waals surface area contributed by atoms with Crippen molar-refractivity contribution >= 4 is 11.9 Å². The third-order valence-corrected chi connectivity index (χ3v) is 16.8. The Bertz CT molecular complexity index is 1220. The maximum atomic E-state index is 12.5. The monoisotopic (exact) mass is 1100 g/mol. The summed E-state index contributed by atoms with van der Waals surface area (Å²) in [6, 6.07) is -0.540. The van der Waals surface area contributed by atoms with Crippen molar-refractivity contribution in [1.82, 2.24) is 5.32 Å². The number of hydrogen-bond donors (Lipinski definition) is 3. The number of amides is 1. The van der Waals surface area contributed by atoms with Gasteiger partial charge in [-0.25, -0.2) is 0 Å². The molecule has 0 heterocycles. The summed E-state index contributed by atoms with van der Waals surface area (Å²) in [6.45, 7) is 4.97. The molecule has 0 bridgehead atoms. The lowest BCUT2D eigenvalue weighted by Crippen LogP contribution is -2.45. The number of allylic oxidation sites excluding steroid dienone is 4. The number of carbonyl (C=O) groups is 2. The molecule has 0 aliphatic heterocycles. The van der Waals surface area contributed by atoms with E-state index in [1.54, 1.807) is 0 Å². The maximum Gasteiger partial charge on any atom is 0.305 e. The molecule has 0 aromatic carbocycles. The molecule has 0 aromatic rings. The zero-order valence-electron chi connectivity index (χ0n) is 52.9. The third kappa shape index (κ3) is 63.5. The average molecular weight is 1100 g/mol. The fourth-order valence-corrected chi connectivity index (χ4v) is 11.3. The number of rotatable bonds is 67. The quantitative estimate of drug-likeness (QED) is 0.0320. The number of esters is 1. The molecule has 0 fully saturated rings. The highest BCUT2D eigenvalue weighted by atomic mass is 16.5. The van der Waals surface area contributed by atoms with Gasteiger partial charge in [-0.05, 0) is 57.8 Å². The van der Waals surface area contributed by atoms with Crippen molar-refractivity contribution in [2.75, 3.05) is 13.2 Å². The van der Waals surface area contributed by atoms with Crippen LogP contribution in [0.5, 0.6) is 0 Å². The van der Waals surface area contributed by atoms with Crippen molar-refractivity contribution in [2.24, 2.45) is 0 Å². The van der Waals surface area contributed by atoms with Gasteiger partial charge in [0.25, 0.3) is 0 Å². The Balaban J connectivity index is 3.35. The molecule has 0 rings (SSSR count). The number of aliphatic hydroxyl groups excluding tert-OH is 2. The van der Waals surface area contributed by atoms with Crippen LogP contribution in [0.4, 0.5) is 0 Å². The Morgan fingerprint density at radius 1 is 0.359 bits per heavy atom. The molecule has 0 aliphatic rings. The number of ether oxygens (including phenoxy) is 1. The molecule has 0 aromatic heterocycles. The molecule has 6 nitrogen and oxygen atoms in total. The number of aliphatic hydroxyl groups is 2. The molecule has 0 aliphatic carbocycles. The Morgan fingerprint density at radius 2 is 0.641 bits per heavy atom. The maximum absolute atomic E-state index is 12.5. The van der Waals surface area contributed by atoms with Crippen LogP contribution in [-0.4, -0.2) is 47.4 Å². The topological polar surface area (TPSA) is 95.9 Å². The second-order valence-corrected chi connectivity index (χ2v) is 24.6. The largest absolute Gasteiger partial charge is 0.466 e. The third-order valence-electron chi connectivity index (χ3n) is 16.8. The summed E-state index contributed by atoms with van der Waals surface area (Å²) >= 11 is 0. The van der Waals surface area contributed by atoms with Gasteiger partial charge in [-0.1, -0.05) is 353 Å². The number of unbranched alkanes of at least 4 members (excludes halogenated alkanes) is 52. The summed E-state index contributed by atoms with van der Waals surface area (Å²) in [7, 11) is 0. The summed E-state index contributed by atoms with van der Waals surface area (Å²) in [5.41, 5.74) is 0. The van der Waals surface area contributed by atoms with Crippen molar-refractivity contribution in [1.29, 1.82) is 0 Å². The molecule has 2 unspecified atom stereocenters. The van der Waals surface area contributed by atoms with Gasteiger partial charge in [0.05, 0.1) is 25.4 Å². The Hall–Kier alpha value is -1.66. The molecule has 0 spiro atoms. The van der Waals surface area contributed by atoms with Crippen molar-refractivity contribution in [3.8, 4) is 0 Å². The number of hydrogen-bond acceptors (Lipinski definition) is 5. The summed E-state index contributed by atoms with van der Waals surface area (Å²) in [4.78, 5) is 24.6. The van der Waals surface area contributed by atoms with E-state index in [4.69, 9.17) is 4.74 Å². The molecule has 6 heteroatoms. The van der Waals surface area contributed by atoms with Crippen molar-refractivity contribution < 1.29 is 24.5 Å². The Morgan fingerprint density at radius 3 is 0.987 bits per heavy atom. The molecule has 1 amide bonds. The van der Waals surface area contributed by atoms with Gasteiger partial charge in [-0.2, -0.15) is 0 Å². The summed E-state index contributed by atoms with van der Waals surface area (Å²) in [5, 5.41) is 23.4. The van der Waals surface area contributed by atoms with Crippen molar-refractivity contribution in [2.45, 2.75) is 411 Å². The van der Waals surface area contributed by atoms with E-state index in [-0.39, 0.29) is 18.5 Å². The van der Waals surface area contributed by atoms with Crippen molar-refractivity contribution in [3.05, 3.63) is 24.3 Å². The number of nitrogens with one attached hydrogen (secondary N) is 1. The van der Waals surface area contributed by atoms with Crippen LogP contribution in [0, 0.1) is 0 Å². The molecule has 2 atom stereocenters. The van der Waals surface area contributed by atoms with E-state index in [0.717, 1.165) is 51.4 Å². The highest BCUT2D eigenvalue weighted by molar-refractivity contribution is 5.76. The fourth-order valence-electron chi connectivity index (χ4n) is 11.3. The highest BCUT2D eigenvalue weighted by Gasteiger charge is 2.20. The summed E-state index contributed by atoms with van der Waals surface area (Å²) < 4.78 is 5.50. The highest BCUT2D eigenvalue weighted by Crippen LogP contribution is 2.19. The molecular weight excluding hydrogens is 959 g/mol. The van der Waals surface area contributed by atoms with E-state index in [9.17, 15) is 19.8 Å². The minimum absolute atomic E-state index is 0.0108. The van der Waals surface area contributed by atoms with Crippen LogP contribution in [-0.2, 0) is 14.3 Å². The lowest BCUT2D eigenvalue weighted by Gasteiger charge is -2.22. The molecule has 462 valence electrons. The van der Waals surface area contributed by atoms with Crippen LogP contribution in [0.15, 0.2) is 24.3 Å². The predicted octanol–water partition coefficient (Wildman–Crippen LogP) is 22.9. The van der Waals surface area contributed by atoms with E-state index in [1.165, 1.54) is 315 Å². The van der Waals surface area contributed by atoms with Crippen molar-refractivity contribution in [3.63, 3.8) is 0 Å². The van der Waals surface area contributed by atoms with E-state index >= 15 is 0 Å². The van der Waals surface area contributed by atoms with Gasteiger partial charge in [0.15, 0.2) is 0 Å². The fraction of sp³-hybridized carbons (Fsp3) is 0.917. The summed E-state index contributed by atoms with van der Waals surface area (Å²) in [6.07, 6.45) is 85.1. The number of carbonyl (C=O) groups excluding carboxylic acids is 2. The van der Waals surface area contributed by atoms with Crippen LogP contribution in [0.25, 0.3) is 0 Å². The minimum Gasteiger partial charge on any atom is -0.466 e. The van der Waals surface area contributed by atoms with Gasteiger partial charge in [-0.3, -0.25) is 9.59 Å². The Kier molecular flexibility index (Phi) is 66.4. The second-order valence-electron chi connectivity index (χ2n) is 24.6.